The van der Waals surface area contributed by atoms with Gasteiger partial charge in [-0.25, -0.2) is 0 Å². The van der Waals surface area contributed by atoms with Gasteiger partial charge in [0.15, 0.2) is 0 Å². The molecule has 2 bridgehead atoms. The Kier molecular flexibility index (Phi) is 5.40. The van der Waals surface area contributed by atoms with Crippen LogP contribution in [0.4, 0.5) is 0 Å². The third kappa shape index (κ3) is 3.97. The van der Waals surface area contributed by atoms with Crippen molar-refractivity contribution >= 4 is 5.91 Å². The molecule has 3 aliphatic heterocycles. The number of amides is 1. The van der Waals surface area contributed by atoms with Crippen LogP contribution in [-0.4, -0.2) is 51.6 Å². The van der Waals surface area contributed by atoms with Crippen LogP contribution < -0.4 is 0 Å². The van der Waals surface area contributed by atoms with Crippen LogP contribution in [0.2, 0.25) is 0 Å². The van der Waals surface area contributed by atoms with Crippen LogP contribution in [-0.2, 0) is 11.2 Å². The van der Waals surface area contributed by atoms with Crippen molar-refractivity contribution in [1.82, 2.24) is 20.0 Å². The summed E-state index contributed by atoms with van der Waals surface area (Å²) < 4.78 is 0. The highest BCUT2D eigenvalue weighted by molar-refractivity contribution is 5.76. The van der Waals surface area contributed by atoms with Gasteiger partial charge in [0.05, 0.1) is 6.20 Å². The maximum atomic E-state index is 12.9. The first-order valence-electron chi connectivity index (χ1n) is 11.3. The van der Waals surface area contributed by atoms with E-state index in [9.17, 15) is 4.79 Å². The molecule has 4 atom stereocenters. The minimum absolute atomic E-state index is 0.354. The molecule has 0 spiro atoms. The number of hydrogen-bond donors (Lipinski definition) is 1. The number of rotatable bonds is 5. The number of nitrogens with zero attached hydrogens (tertiary/aromatic N) is 3. The quantitative estimate of drug-likeness (QED) is 0.842. The first kappa shape index (κ1) is 18.9. The van der Waals surface area contributed by atoms with Gasteiger partial charge < -0.3 is 4.90 Å². The van der Waals surface area contributed by atoms with Crippen LogP contribution in [0.15, 0.2) is 42.7 Å². The minimum Gasteiger partial charge on any atom is -0.342 e. The van der Waals surface area contributed by atoms with E-state index in [0.29, 0.717) is 36.2 Å². The van der Waals surface area contributed by atoms with Gasteiger partial charge in [-0.2, -0.15) is 5.10 Å². The normalized spacial score (nSPS) is 29.4. The number of hydrogen-bond acceptors (Lipinski definition) is 3. The van der Waals surface area contributed by atoms with Crippen molar-refractivity contribution < 1.29 is 4.79 Å². The topological polar surface area (TPSA) is 52.2 Å². The molecule has 0 radical (unpaired) electrons. The van der Waals surface area contributed by atoms with Crippen molar-refractivity contribution in [2.24, 2.45) is 11.8 Å². The van der Waals surface area contributed by atoms with E-state index < -0.39 is 0 Å². The van der Waals surface area contributed by atoms with Crippen molar-refractivity contribution in [3.8, 4) is 0 Å². The lowest BCUT2D eigenvalue weighted by Gasteiger charge is -2.55. The molecule has 0 unspecified atom stereocenters. The molecule has 1 N–H and O–H groups in total. The summed E-state index contributed by atoms with van der Waals surface area (Å²) in [7, 11) is 0. The van der Waals surface area contributed by atoms with Crippen molar-refractivity contribution in [1.29, 1.82) is 0 Å². The van der Waals surface area contributed by atoms with E-state index in [-0.39, 0.29) is 0 Å². The van der Waals surface area contributed by atoms with E-state index >= 15 is 0 Å². The summed E-state index contributed by atoms with van der Waals surface area (Å²) >= 11 is 0. The standard InChI is InChI=1S/C24H32N4O/c29-24(11-4-6-18-13-25-26-14-18)27-15-19-12-21(17-27)23-10-5-9-22(28(23)16-19)20-7-2-1-3-8-20/h1-3,7-8,13-14,19,21-23H,4-6,9-12,15-17H2,(H,25,26)/t19-,21+,22+,23-/m0/s1. The molecule has 3 fully saturated rings. The van der Waals surface area contributed by atoms with Crippen molar-refractivity contribution in [3.05, 3.63) is 53.9 Å². The van der Waals surface area contributed by atoms with Gasteiger partial charge in [-0.05, 0) is 61.5 Å². The second kappa shape index (κ2) is 8.31. The SMILES string of the molecule is O=C(CCCc1cn[nH]c1)N1C[C@@H]2C[C@H](C1)[C@@H]1CCC[C@H](c3ccccc3)N1C2. The zero-order chi connectivity index (χ0) is 19.6. The van der Waals surface area contributed by atoms with Crippen LogP contribution in [0.25, 0.3) is 0 Å². The number of aromatic amines is 1. The van der Waals surface area contributed by atoms with Gasteiger partial charge in [0.2, 0.25) is 5.91 Å². The summed E-state index contributed by atoms with van der Waals surface area (Å²) in [6.07, 6.45) is 11.5. The third-order valence-electron chi connectivity index (χ3n) is 7.33. The average molecular weight is 393 g/mol. The summed E-state index contributed by atoms with van der Waals surface area (Å²) in [5.41, 5.74) is 2.67. The number of aryl methyl sites for hydroxylation is 1. The zero-order valence-corrected chi connectivity index (χ0v) is 17.2. The van der Waals surface area contributed by atoms with Gasteiger partial charge in [-0.1, -0.05) is 30.3 Å². The monoisotopic (exact) mass is 392 g/mol. The highest BCUT2D eigenvalue weighted by Crippen LogP contribution is 2.44. The Morgan fingerprint density at radius 2 is 2.03 bits per heavy atom. The number of carbonyl (C=O) groups excluding carboxylic acids is 1. The summed E-state index contributed by atoms with van der Waals surface area (Å²) in [6, 6.07) is 12.3. The van der Waals surface area contributed by atoms with E-state index in [2.05, 4.69) is 50.3 Å². The maximum Gasteiger partial charge on any atom is 0.222 e. The first-order valence-corrected chi connectivity index (χ1v) is 11.3. The molecule has 0 saturated carbocycles. The van der Waals surface area contributed by atoms with E-state index in [1.54, 1.807) is 0 Å². The van der Waals surface area contributed by atoms with Crippen LogP contribution >= 0.6 is 0 Å². The number of nitrogens with one attached hydrogen (secondary N) is 1. The largest absolute Gasteiger partial charge is 0.342 e. The summed E-state index contributed by atoms with van der Waals surface area (Å²) in [5, 5.41) is 6.84. The van der Waals surface area contributed by atoms with E-state index in [0.717, 1.165) is 32.5 Å². The van der Waals surface area contributed by atoms with Crippen LogP contribution in [0.5, 0.6) is 0 Å². The van der Waals surface area contributed by atoms with Gasteiger partial charge in [0.25, 0.3) is 0 Å². The average Bonchev–Trinajstić information content (AvgIpc) is 3.27. The molecule has 29 heavy (non-hydrogen) atoms. The lowest BCUT2D eigenvalue weighted by atomic mass is 9.74. The second-order valence-corrected chi connectivity index (χ2v) is 9.24. The number of fused-ring (bicyclic) bond motifs is 4. The molecule has 5 nitrogen and oxygen atoms in total. The molecular formula is C24H32N4O. The van der Waals surface area contributed by atoms with E-state index in [1.165, 1.54) is 36.8 Å². The van der Waals surface area contributed by atoms with Gasteiger partial charge in [-0.3, -0.25) is 14.8 Å². The molecule has 3 saturated heterocycles. The number of likely N-dealkylation sites (tertiary alicyclic amines) is 1. The maximum absolute atomic E-state index is 12.9. The number of aromatic nitrogens is 2. The second-order valence-electron chi connectivity index (χ2n) is 9.24. The fourth-order valence-electron chi connectivity index (χ4n) is 6.06. The number of H-pyrrole nitrogens is 1. The van der Waals surface area contributed by atoms with Gasteiger partial charge >= 0.3 is 0 Å². The highest BCUT2D eigenvalue weighted by Gasteiger charge is 2.45. The molecule has 1 amide bonds. The molecule has 154 valence electrons. The number of carbonyl (C=O) groups is 1. The molecule has 1 aromatic heterocycles. The van der Waals surface area contributed by atoms with Gasteiger partial charge in [0, 0.05) is 44.3 Å². The lowest BCUT2D eigenvalue weighted by molar-refractivity contribution is -0.139. The zero-order valence-electron chi connectivity index (χ0n) is 17.2. The number of benzene rings is 1. The summed E-state index contributed by atoms with van der Waals surface area (Å²) in [4.78, 5) is 17.9. The predicted octanol–water partition coefficient (Wildman–Crippen LogP) is 3.81. The van der Waals surface area contributed by atoms with Gasteiger partial charge in [0.1, 0.15) is 0 Å². The lowest BCUT2D eigenvalue weighted by Crippen LogP contribution is -2.60. The Bertz CT molecular complexity index is 806. The minimum atomic E-state index is 0.354. The summed E-state index contributed by atoms with van der Waals surface area (Å²) in [6.45, 7) is 3.06. The Hall–Kier alpha value is -2.14. The Labute approximate surface area is 173 Å². The Morgan fingerprint density at radius 1 is 1.14 bits per heavy atom. The Balaban J connectivity index is 1.22. The van der Waals surface area contributed by atoms with Crippen molar-refractivity contribution in [3.63, 3.8) is 0 Å². The molecule has 5 heteroatoms. The smallest absolute Gasteiger partial charge is 0.222 e. The molecule has 2 aromatic rings. The molecular weight excluding hydrogens is 360 g/mol. The van der Waals surface area contributed by atoms with Gasteiger partial charge in [-0.15, -0.1) is 0 Å². The summed E-state index contributed by atoms with van der Waals surface area (Å²) in [5.74, 6) is 1.63. The first-order chi connectivity index (χ1) is 14.3. The molecule has 0 aliphatic carbocycles. The third-order valence-corrected chi connectivity index (χ3v) is 7.33. The molecule has 5 rings (SSSR count). The van der Waals surface area contributed by atoms with Crippen LogP contribution in [0, 0.1) is 11.8 Å². The van der Waals surface area contributed by atoms with E-state index in [4.69, 9.17) is 0 Å². The fourth-order valence-corrected chi connectivity index (χ4v) is 6.06. The Morgan fingerprint density at radius 3 is 2.86 bits per heavy atom. The fraction of sp³-hybridized carbons (Fsp3) is 0.583. The van der Waals surface area contributed by atoms with Crippen molar-refractivity contribution in [2.45, 2.75) is 57.0 Å². The van der Waals surface area contributed by atoms with Crippen molar-refractivity contribution in [2.75, 3.05) is 19.6 Å². The molecule has 3 aliphatic rings. The highest BCUT2D eigenvalue weighted by atomic mass is 16.2. The van der Waals surface area contributed by atoms with E-state index in [1.807, 2.05) is 12.4 Å². The van der Waals surface area contributed by atoms with Crippen LogP contribution in [0.1, 0.15) is 55.7 Å². The predicted molar refractivity (Wildman–Crippen MR) is 113 cm³/mol. The molecule has 4 heterocycles. The van der Waals surface area contributed by atoms with Crippen LogP contribution in [0.3, 0.4) is 0 Å². The number of piperidine rings is 3. The molecule has 1 aromatic carbocycles.